The molecule has 3 fully saturated rings. The second kappa shape index (κ2) is 15.4. The molecule has 2 heterocycles. The molecule has 0 aromatic carbocycles. The van der Waals surface area contributed by atoms with Gasteiger partial charge in [-0.05, 0) is 65.2 Å². The summed E-state index contributed by atoms with van der Waals surface area (Å²) in [5, 5.41) is 16.1. The van der Waals surface area contributed by atoms with Crippen molar-refractivity contribution in [3.05, 3.63) is 33.1 Å². The summed E-state index contributed by atoms with van der Waals surface area (Å²) in [6, 6.07) is -1.36. The SMILES string of the molecule is CC(NP(=O)(NC(C)C(=O)OC1CCCCC1)OC[C@@]1(CN)O[C@@H](n2ccc(=O)[nH]c2=O)[C@H](F)[C@@H]1O)C(=O)OC1CCCCC1. The molecular formula is C28H45FN5O10P. The van der Waals surface area contributed by atoms with Gasteiger partial charge in [0.1, 0.15) is 36.0 Å². The first-order chi connectivity index (χ1) is 21.4. The summed E-state index contributed by atoms with van der Waals surface area (Å²) in [6.07, 6.45) is 3.27. The molecule has 254 valence electrons. The molecule has 6 N–H and O–H groups in total. The minimum atomic E-state index is -4.40. The number of alkyl halides is 1. The molecule has 0 amide bonds. The van der Waals surface area contributed by atoms with Gasteiger partial charge < -0.3 is 29.6 Å². The number of halogens is 1. The molecular weight excluding hydrogens is 616 g/mol. The fraction of sp³-hybridized carbons (Fsp3) is 0.786. The Labute approximate surface area is 260 Å². The van der Waals surface area contributed by atoms with E-state index in [1.165, 1.54) is 13.8 Å². The lowest BCUT2D eigenvalue weighted by Crippen LogP contribution is -2.53. The van der Waals surface area contributed by atoms with Crippen LogP contribution in [0.3, 0.4) is 0 Å². The number of aromatic amines is 1. The molecule has 15 nitrogen and oxygen atoms in total. The highest BCUT2D eigenvalue weighted by molar-refractivity contribution is 7.54. The number of carbonyl (C=O) groups is 2. The van der Waals surface area contributed by atoms with Crippen LogP contribution >= 0.6 is 7.67 Å². The Kier molecular flexibility index (Phi) is 12.1. The maximum absolute atomic E-state index is 15.4. The Morgan fingerprint density at radius 1 is 1.07 bits per heavy atom. The Hall–Kier alpha value is -2.46. The maximum atomic E-state index is 15.4. The zero-order chi connectivity index (χ0) is 32.8. The maximum Gasteiger partial charge on any atom is 0.342 e. The van der Waals surface area contributed by atoms with Crippen molar-refractivity contribution < 1.29 is 42.4 Å². The monoisotopic (exact) mass is 661 g/mol. The second-order valence-electron chi connectivity index (χ2n) is 12.1. The molecule has 1 aromatic heterocycles. The van der Waals surface area contributed by atoms with Crippen LogP contribution in [-0.4, -0.2) is 81.9 Å². The largest absolute Gasteiger partial charge is 0.461 e. The molecule has 3 aliphatic rings. The van der Waals surface area contributed by atoms with Crippen LogP contribution in [0.15, 0.2) is 21.9 Å². The third-order valence-electron chi connectivity index (χ3n) is 8.53. The minimum Gasteiger partial charge on any atom is -0.461 e. The fourth-order valence-electron chi connectivity index (χ4n) is 5.83. The number of hydrogen-bond acceptors (Lipinski definition) is 11. The Morgan fingerprint density at radius 2 is 1.58 bits per heavy atom. The van der Waals surface area contributed by atoms with Gasteiger partial charge >= 0.3 is 25.3 Å². The third kappa shape index (κ3) is 8.88. The van der Waals surface area contributed by atoms with E-state index in [0.717, 1.165) is 55.4 Å². The topological polar surface area (TPSA) is 213 Å². The molecule has 45 heavy (non-hydrogen) atoms. The summed E-state index contributed by atoms with van der Waals surface area (Å²) in [5.74, 6) is -1.37. The number of aliphatic hydroxyl groups excluding tert-OH is 1. The van der Waals surface area contributed by atoms with E-state index in [4.69, 9.17) is 24.5 Å². The average Bonchev–Trinajstić information content (AvgIpc) is 3.26. The molecule has 2 aliphatic carbocycles. The molecule has 0 bridgehead atoms. The molecule has 1 aromatic rings. The predicted molar refractivity (Wildman–Crippen MR) is 159 cm³/mol. The van der Waals surface area contributed by atoms with Crippen LogP contribution in [-0.2, 0) is 32.9 Å². The molecule has 0 radical (unpaired) electrons. The van der Waals surface area contributed by atoms with E-state index in [9.17, 15) is 28.8 Å². The number of esters is 2. The van der Waals surface area contributed by atoms with Crippen molar-refractivity contribution in [3.63, 3.8) is 0 Å². The van der Waals surface area contributed by atoms with Crippen LogP contribution in [0.25, 0.3) is 0 Å². The molecule has 17 heteroatoms. The Bertz CT molecular complexity index is 1290. The lowest BCUT2D eigenvalue weighted by Gasteiger charge is -2.33. The van der Waals surface area contributed by atoms with E-state index >= 15 is 4.39 Å². The van der Waals surface area contributed by atoms with Crippen molar-refractivity contribution in [3.8, 4) is 0 Å². The number of hydrogen-bond donors (Lipinski definition) is 5. The number of aliphatic hydroxyl groups is 1. The van der Waals surface area contributed by atoms with E-state index in [1.54, 1.807) is 0 Å². The summed E-state index contributed by atoms with van der Waals surface area (Å²) in [7, 11) is -4.40. The predicted octanol–water partition coefficient (Wildman–Crippen LogP) is 1.29. The number of nitrogens with two attached hydrogens (primary N) is 1. The van der Waals surface area contributed by atoms with Crippen molar-refractivity contribution in [2.45, 2.75) is 126 Å². The van der Waals surface area contributed by atoms with Crippen LogP contribution in [0, 0.1) is 0 Å². The van der Waals surface area contributed by atoms with Gasteiger partial charge in [0, 0.05) is 18.8 Å². The van der Waals surface area contributed by atoms with E-state index in [0.29, 0.717) is 25.7 Å². The zero-order valence-electron chi connectivity index (χ0n) is 25.7. The van der Waals surface area contributed by atoms with Crippen LogP contribution in [0.5, 0.6) is 0 Å². The number of H-pyrrole nitrogens is 1. The number of ether oxygens (including phenoxy) is 3. The highest BCUT2D eigenvalue weighted by Crippen LogP contribution is 2.45. The normalized spacial score (nSPS) is 29.0. The quantitative estimate of drug-likeness (QED) is 0.149. The van der Waals surface area contributed by atoms with Crippen LogP contribution < -0.4 is 27.2 Å². The van der Waals surface area contributed by atoms with Gasteiger partial charge in [-0.25, -0.2) is 19.4 Å². The lowest BCUT2D eigenvalue weighted by atomic mass is 9.97. The molecule has 0 spiro atoms. The Morgan fingerprint density at radius 3 is 2.04 bits per heavy atom. The average molecular weight is 662 g/mol. The number of nitrogens with one attached hydrogen (secondary N) is 3. The zero-order valence-corrected chi connectivity index (χ0v) is 26.5. The minimum absolute atomic E-state index is 0.273. The Balaban J connectivity index is 1.51. The smallest absolute Gasteiger partial charge is 0.342 e. The molecule has 6 atom stereocenters. The van der Waals surface area contributed by atoms with E-state index in [2.05, 4.69) is 10.2 Å². The summed E-state index contributed by atoms with van der Waals surface area (Å²) in [6.45, 7) is 1.51. The van der Waals surface area contributed by atoms with Gasteiger partial charge in [0.25, 0.3) is 5.56 Å². The summed E-state index contributed by atoms with van der Waals surface area (Å²) in [5.41, 5.74) is 2.18. The van der Waals surface area contributed by atoms with Gasteiger partial charge in [0.05, 0.1) is 6.61 Å². The fourth-order valence-corrected chi connectivity index (χ4v) is 7.69. The van der Waals surface area contributed by atoms with Gasteiger partial charge in [-0.15, -0.1) is 0 Å². The summed E-state index contributed by atoms with van der Waals surface area (Å²) >= 11 is 0. The first-order valence-electron chi connectivity index (χ1n) is 15.6. The highest BCUT2D eigenvalue weighted by Gasteiger charge is 2.56. The van der Waals surface area contributed by atoms with Crippen LogP contribution in [0.4, 0.5) is 4.39 Å². The van der Waals surface area contributed by atoms with Gasteiger partial charge in [-0.2, -0.15) is 0 Å². The molecule has 1 saturated heterocycles. The number of nitrogens with zero attached hydrogens (tertiary/aromatic N) is 1. The van der Waals surface area contributed by atoms with Crippen molar-refractivity contribution in [2.24, 2.45) is 5.73 Å². The van der Waals surface area contributed by atoms with Gasteiger partial charge in [0.15, 0.2) is 12.4 Å². The van der Waals surface area contributed by atoms with Gasteiger partial charge in [-0.1, -0.05) is 12.8 Å². The van der Waals surface area contributed by atoms with Crippen molar-refractivity contribution in [1.82, 2.24) is 19.7 Å². The first-order valence-corrected chi connectivity index (χ1v) is 17.2. The highest BCUT2D eigenvalue weighted by atomic mass is 31.2. The molecule has 2 saturated carbocycles. The van der Waals surface area contributed by atoms with Crippen molar-refractivity contribution >= 4 is 19.6 Å². The van der Waals surface area contributed by atoms with E-state index < -0.39 is 80.2 Å². The van der Waals surface area contributed by atoms with Gasteiger partial charge in [-0.3, -0.25) is 28.5 Å². The third-order valence-corrected chi connectivity index (χ3v) is 10.5. The van der Waals surface area contributed by atoms with E-state index in [1.807, 2.05) is 4.98 Å². The lowest BCUT2D eigenvalue weighted by molar-refractivity contribution is -0.152. The van der Waals surface area contributed by atoms with Crippen LogP contribution in [0.1, 0.15) is 84.3 Å². The molecule has 4 rings (SSSR count). The molecule has 2 unspecified atom stereocenters. The van der Waals surface area contributed by atoms with E-state index in [-0.39, 0.29) is 12.2 Å². The standard InChI is InChI=1S/C28H45FN5O10P/c1-17(25(37)42-19-9-5-3-6-10-19)32-45(40,33-18(2)26(38)43-20-11-7-4-8-12-20)41-16-28(15-30)23(36)22(29)24(44-28)34-14-13-21(35)31-27(34)39/h13-14,17-20,22-24,36H,3-12,15-16,30H2,1-2H3,(H,31,35,39)(H2,32,33,40)/t17?,18?,22-,23+,24-,28-,45?/m1/s1. The van der Waals surface area contributed by atoms with Crippen molar-refractivity contribution in [2.75, 3.05) is 13.2 Å². The summed E-state index contributed by atoms with van der Waals surface area (Å²) in [4.78, 5) is 51.6. The second-order valence-corrected chi connectivity index (χ2v) is 14.0. The molecule has 1 aliphatic heterocycles. The van der Waals surface area contributed by atoms with Crippen molar-refractivity contribution in [1.29, 1.82) is 0 Å². The van der Waals surface area contributed by atoms with Crippen LogP contribution in [0.2, 0.25) is 0 Å². The van der Waals surface area contributed by atoms with Gasteiger partial charge in [0.2, 0.25) is 0 Å². The number of rotatable bonds is 13. The number of carbonyl (C=O) groups excluding carboxylic acids is 2. The number of aromatic nitrogens is 2. The summed E-state index contributed by atoms with van der Waals surface area (Å²) < 4.78 is 53.0. The first kappa shape index (κ1) is 35.4.